The van der Waals surface area contributed by atoms with Crippen molar-refractivity contribution in [2.24, 2.45) is 5.73 Å². The summed E-state index contributed by atoms with van der Waals surface area (Å²) in [6.45, 7) is 0. The zero-order chi connectivity index (χ0) is 16.3. The van der Waals surface area contributed by atoms with Crippen LogP contribution < -0.4 is 15.2 Å². The number of sulfone groups is 1. The summed E-state index contributed by atoms with van der Waals surface area (Å²) >= 11 is 4.86. The minimum absolute atomic E-state index is 0.00490. The summed E-state index contributed by atoms with van der Waals surface area (Å²) in [6, 6.07) is 4.69. The highest BCUT2D eigenvalue weighted by Gasteiger charge is 2.19. The number of hydrogen-bond donors (Lipinski definition) is 2. The Morgan fingerprint density at radius 3 is 2.38 bits per heavy atom. The molecule has 7 nitrogen and oxygen atoms in total. The number of ether oxygens (including phenoxy) is 1. The zero-order valence-corrected chi connectivity index (χ0v) is 13.9. The number of sulfonamides is 1. The van der Waals surface area contributed by atoms with Gasteiger partial charge in [0.25, 0.3) is 0 Å². The van der Waals surface area contributed by atoms with Gasteiger partial charge in [-0.2, -0.15) is 0 Å². The molecule has 0 fully saturated rings. The Bertz CT molecular complexity index is 741. The van der Waals surface area contributed by atoms with Crippen LogP contribution in [0.1, 0.15) is 5.56 Å². The number of thiocarbonyl (C=S) groups is 1. The first-order valence-electron chi connectivity index (χ1n) is 5.71. The third-order valence-electron chi connectivity index (χ3n) is 2.49. The van der Waals surface area contributed by atoms with Crippen molar-refractivity contribution in [3.8, 4) is 5.75 Å². The molecule has 0 bridgehead atoms. The molecule has 3 N–H and O–H groups in total. The van der Waals surface area contributed by atoms with E-state index in [4.69, 9.17) is 22.7 Å². The molecule has 1 rings (SSSR count). The maximum Gasteiger partial charge on any atom is 0.233 e. The SMILES string of the molecule is COc1cccc(C(N)=S)c1NS(=O)(=O)CCS(C)(=O)=O. The van der Waals surface area contributed by atoms with Crippen molar-refractivity contribution in [2.45, 2.75) is 0 Å². The second-order valence-electron chi connectivity index (χ2n) is 4.30. The van der Waals surface area contributed by atoms with Gasteiger partial charge in [-0.3, -0.25) is 4.72 Å². The summed E-state index contributed by atoms with van der Waals surface area (Å²) in [5.74, 6) is -0.816. The molecule has 0 unspecified atom stereocenters. The smallest absolute Gasteiger partial charge is 0.233 e. The largest absolute Gasteiger partial charge is 0.495 e. The minimum Gasteiger partial charge on any atom is -0.495 e. The van der Waals surface area contributed by atoms with Crippen LogP contribution in [0.25, 0.3) is 0 Å². The molecule has 1 aromatic carbocycles. The summed E-state index contributed by atoms with van der Waals surface area (Å²) in [5.41, 5.74) is 5.94. The number of rotatable bonds is 7. The summed E-state index contributed by atoms with van der Waals surface area (Å²) < 4.78 is 53.4. The van der Waals surface area contributed by atoms with Crippen LogP contribution in [0.3, 0.4) is 0 Å². The van der Waals surface area contributed by atoms with Crippen molar-refractivity contribution in [1.29, 1.82) is 0 Å². The Kier molecular flexibility index (Phi) is 5.54. The number of nitrogens with one attached hydrogen (secondary N) is 1. The van der Waals surface area contributed by atoms with Crippen LogP contribution in [0.5, 0.6) is 5.75 Å². The van der Waals surface area contributed by atoms with E-state index in [-0.39, 0.29) is 16.4 Å². The van der Waals surface area contributed by atoms with Gasteiger partial charge in [0, 0.05) is 11.8 Å². The Morgan fingerprint density at radius 2 is 1.90 bits per heavy atom. The first kappa shape index (κ1) is 17.7. The fraction of sp³-hybridized carbons (Fsp3) is 0.364. The Labute approximate surface area is 129 Å². The van der Waals surface area contributed by atoms with Gasteiger partial charge in [-0.05, 0) is 12.1 Å². The summed E-state index contributed by atoms with van der Waals surface area (Å²) in [4.78, 5) is -0.00490. The number of benzene rings is 1. The lowest BCUT2D eigenvalue weighted by Crippen LogP contribution is -2.24. The second kappa shape index (κ2) is 6.58. The second-order valence-corrected chi connectivity index (χ2v) is 8.84. The van der Waals surface area contributed by atoms with Crippen LogP contribution in [-0.4, -0.2) is 46.7 Å². The average molecular weight is 352 g/mol. The van der Waals surface area contributed by atoms with E-state index < -0.39 is 31.4 Å². The van der Waals surface area contributed by atoms with E-state index in [1.807, 2.05) is 0 Å². The van der Waals surface area contributed by atoms with E-state index in [0.29, 0.717) is 5.56 Å². The van der Waals surface area contributed by atoms with E-state index in [9.17, 15) is 16.8 Å². The predicted octanol–water partition coefficient (Wildman–Crippen LogP) is 0.116. The molecule has 0 amide bonds. The highest BCUT2D eigenvalue weighted by molar-refractivity contribution is 7.95. The average Bonchev–Trinajstić information content (AvgIpc) is 2.35. The van der Waals surface area contributed by atoms with Gasteiger partial charge in [-0.25, -0.2) is 16.8 Å². The van der Waals surface area contributed by atoms with Crippen LogP contribution in [0.2, 0.25) is 0 Å². The Balaban J connectivity index is 3.14. The van der Waals surface area contributed by atoms with Gasteiger partial charge < -0.3 is 10.5 Å². The van der Waals surface area contributed by atoms with Gasteiger partial charge in [0.15, 0.2) is 0 Å². The van der Waals surface area contributed by atoms with E-state index in [1.54, 1.807) is 12.1 Å². The third-order valence-corrected chi connectivity index (χ3v) is 5.17. The summed E-state index contributed by atoms with van der Waals surface area (Å²) in [7, 11) is -5.91. The molecule has 0 aliphatic carbocycles. The molecule has 0 heterocycles. The normalized spacial score (nSPS) is 11.9. The van der Waals surface area contributed by atoms with Crippen LogP contribution in [-0.2, 0) is 19.9 Å². The van der Waals surface area contributed by atoms with Crippen molar-refractivity contribution in [2.75, 3.05) is 29.6 Å². The van der Waals surface area contributed by atoms with Gasteiger partial charge in [-0.15, -0.1) is 0 Å². The number of nitrogens with two attached hydrogens (primary N) is 1. The van der Waals surface area contributed by atoms with Crippen molar-refractivity contribution in [1.82, 2.24) is 0 Å². The third kappa shape index (κ3) is 5.48. The Hall–Kier alpha value is -1.39. The lowest BCUT2D eigenvalue weighted by Gasteiger charge is -2.15. The fourth-order valence-corrected chi connectivity index (χ4v) is 4.36. The molecule has 0 radical (unpaired) electrons. The van der Waals surface area contributed by atoms with Crippen molar-refractivity contribution in [3.05, 3.63) is 23.8 Å². The molecule has 0 spiro atoms. The van der Waals surface area contributed by atoms with Crippen molar-refractivity contribution < 1.29 is 21.6 Å². The molecule has 0 aliphatic heterocycles. The molecule has 0 aliphatic rings. The summed E-state index contributed by atoms with van der Waals surface area (Å²) in [6.07, 6.45) is 0.964. The van der Waals surface area contributed by atoms with Gasteiger partial charge in [0.05, 0.1) is 18.6 Å². The van der Waals surface area contributed by atoms with Gasteiger partial charge in [0.1, 0.15) is 26.3 Å². The highest BCUT2D eigenvalue weighted by atomic mass is 32.2. The van der Waals surface area contributed by atoms with Crippen molar-refractivity contribution in [3.63, 3.8) is 0 Å². The molecule has 118 valence electrons. The summed E-state index contributed by atoms with van der Waals surface area (Å²) in [5, 5.41) is 0. The molecule has 0 saturated heterocycles. The molecular formula is C11H16N2O5S3. The maximum atomic E-state index is 12.0. The number of anilines is 1. The fourth-order valence-electron chi connectivity index (χ4n) is 1.48. The van der Waals surface area contributed by atoms with E-state index in [1.165, 1.54) is 13.2 Å². The van der Waals surface area contributed by atoms with Crippen LogP contribution in [0, 0.1) is 0 Å². The van der Waals surface area contributed by atoms with Crippen LogP contribution >= 0.6 is 12.2 Å². The lowest BCUT2D eigenvalue weighted by molar-refractivity contribution is 0.417. The first-order chi connectivity index (χ1) is 9.56. The predicted molar refractivity (Wildman–Crippen MR) is 86.0 cm³/mol. The molecule has 1 aromatic rings. The van der Waals surface area contributed by atoms with E-state index in [0.717, 1.165) is 6.26 Å². The van der Waals surface area contributed by atoms with Crippen LogP contribution in [0.15, 0.2) is 18.2 Å². The van der Waals surface area contributed by atoms with Gasteiger partial charge in [0.2, 0.25) is 10.0 Å². The van der Waals surface area contributed by atoms with Crippen LogP contribution in [0.4, 0.5) is 5.69 Å². The molecule has 0 aromatic heterocycles. The number of methoxy groups -OCH3 is 1. The number of para-hydroxylation sites is 1. The molecule has 0 atom stereocenters. The van der Waals surface area contributed by atoms with E-state index in [2.05, 4.69) is 4.72 Å². The molecular weight excluding hydrogens is 336 g/mol. The zero-order valence-electron chi connectivity index (χ0n) is 11.5. The molecule has 21 heavy (non-hydrogen) atoms. The maximum absolute atomic E-state index is 12.0. The van der Waals surface area contributed by atoms with E-state index >= 15 is 0 Å². The highest BCUT2D eigenvalue weighted by Crippen LogP contribution is 2.29. The number of hydrogen-bond acceptors (Lipinski definition) is 6. The molecule has 10 heteroatoms. The standard InChI is InChI=1S/C11H16N2O5S3/c1-18-9-5-3-4-8(11(12)19)10(9)13-21(16,17)7-6-20(2,14)15/h3-5,13H,6-7H2,1-2H3,(H2,12,19). The Morgan fingerprint density at radius 1 is 1.29 bits per heavy atom. The quantitative estimate of drug-likeness (QED) is 0.669. The minimum atomic E-state index is -3.88. The van der Waals surface area contributed by atoms with Gasteiger partial charge in [-0.1, -0.05) is 18.3 Å². The molecule has 0 saturated carbocycles. The monoisotopic (exact) mass is 352 g/mol. The van der Waals surface area contributed by atoms with Crippen molar-refractivity contribution >= 4 is 42.8 Å². The lowest BCUT2D eigenvalue weighted by atomic mass is 10.1. The topological polar surface area (TPSA) is 116 Å². The first-order valence-corrected chi connectivity index (χ1v) is 9.83. The van der Waals surface area contributed by atoms with Gasteiger partial charge >= 0.3 is 0 Å².